The van der Waals surface area contributed by atoms with Crippen LogP contribution >= 0.6 is 22.9 Å². The second kappa shape index (κ2) is 5.90. The molecule has 0 saturated carbocycles. The Labute approximate surface area is 116 Å². The summed E-state index contributed by atoms with van der Waals surface area (Å²) in [6, 6.07) is 9.97. The highest BCUT2D eigenvalue weighted by Crippen LogP contribution is 2.24. The van der Waals surface area contributed by atoms with Crippen molar-refractivity contribution in [3.05, 3.63) is 51.2 Å². The molecule has 1 N–H and O–H groups in total. The molecule has 0 bridgehead atoms. The molecule has 0 fully saturated rings. The molecule has 0 spiro atoms. The number of anilines is 1. The number of nitrogens with one attached hydrogen (secondary N) is 1. The lowest BCUT2D eigenvalue weighted by Crippen LogP contribution is -2.18. The van der Waals surface area contributed by atoms with Crippen LogP contribution in [0, 0.1) is 11.3 Å². The summed E-state index contributed by atoms with van der Waals surface area (Å²) in [4.78, 5) is 0. The van der Waals surface area contributed by atoms with Gasteiger partial charge in [0.1, 0.15) is 6.07 Å². The predicted molar refractivity (Wildman–Crippen MR) is 77.3 cm³/mol. The third kappa shape index (κ3) is 3.04. The molecule has 0 aliphatic rings. The number of benzene rings is 1. The molecule has 0 saturated heterocycles. The zero-order valence-corrected chi connectivity index (χ0v) is 11.6. The number of rotatable bonds is 4. The molecule has 1 atom stereocenters. The number of thiophene rings is 1. The molecule has 92 valence electrons. The van der Waals surface area contributed by atoms with Crippen molar-refractivity contribution in [2.24, 2.45) is 0 Å². The first-order valence-corrected chi connectivity index (χ1v) is 6.99. The van der Waals surface area contributed by atoms with Gasteiger partial charge in [0.15, 0.2) is 0 Å². The van der Waals surface area contributed by atoms with Gasteiger partial charge in [0.25, 0.3) is 0 Å². The van der Waals surface area contributed by atoms with Crippen LogP contribution in [-0.2, 0) is 6.42 Å². The van der Waals surface area contributed by atoms with E-state index in [2.05, 4.69) is 35.1 Å². The van der Waals surface area contributed by atoms with E-state index in [1.165, 1.54) is 5.56 Å². The Bertz CT molecular complexity index is 558. The van der Waals surface area contributed by atoms with Gasteiger partial charge < -0.3 is 5.32 Å². The lowest BCUT2D eigenvalue weighted by atomic mass is 10.1. The molecule has 0 aliphatic heterocycles. The van der Waals surface area contributed by atoms with Gasteiger partial charge in [-0.2, -0.15) is 16.6 Å². The molecule has 2 rings (SSSR count). The lowest BCUT2D eigenvalue weighted by molar-refractivity contribution is 0.792. The monoisotopic (exact) mass is 276 g/mol. The highest BCUT2D eigenvalue weighted by atomic mass is 35.5. The average Bonchev–Trinajstić information content (AvgIpc) is 2.82. The minimum absolute atomic E-state index is 0.255. The van der Waals surface area contributed by atoms with Crippen LogP contribution in [0.15, 0.2) is 35.0 Å². The molecule has 4 heteroatoms. The Morgan fingerprint density at radius 3 is 2.94 bits per heavy atom. The summed E-state index contributed by atoms with van der Waals surface area (Å²) in [6.07, 6.45) is 0.931. The molecule has 0 amide bonds. The summed E-state index contributed by atoms with van der Waals surface area (Å²) >= 11 is 7.69. The maximum atomic E-state index is 9.10. The topological polar surface area (TPSA) is 35.8 Å². The molecule has 1 aromatic heterocycles. The van der Waals surface area contributed by atoms with Crippen molar-refractivity contribution in [2.75, 3.05) is 5.32 Å². The Kier molecular flexibility index (Phi) is 4.24. The van der Waals surface area contributed by atoms with Crippen molar-refractivity contribution in [1.82, 2.24) is 0 Å². The smallest absolute Gasteiger partial charge is 0.103 e. The first kappa shape index (κ1) is 12.9. The van der Waals surface area contributed by atoms with Crippen LogP contribution in [-0.4, -0.2) is 6.04 Å². The largest absolute Gasteiger partial charge is 0.381 e. The molecule has 0 aliphatic carbocycles. The predicted octanol–water partition coefficient (Wildman–Crippen LogP) is 4.32. The van der Waals surface area contributed by atoms with Crippen molar-refractivity contribution in [1.29, 1.82) is 5.26 Å². The SMILES string of the molecule is CC(Cc1ccsc1)Nc1cccc(Cl)c1C#N. The van der Waals surface area contributed by atoms with E-state index in [1.807, 2.05) is 12.1 Å². The Hall–Kier alpha value is -1.50. The van der Waals surface area contributed by atoms with Crippen LogP contribution < -0.4 is 5.32 Å². The number of hydrogen-bond acceptors (Lipinski definition) is 3. The van der Waals surface area contributed by atoms with E-state index in [0.717, 1.165) is 12.1 Å². The summed E-state index contributed by atoms with van der Waals surface area (Å²) in [6.45, 7) is 2.10. The quantitative estimate of drug-likeness (QED) is 0.903. The highest BCUT2D eigenvalue weighted by Gasteiger charge is 2.09. The number of hydrogen-bond donors (Lipinski definition) is 1. The van der Waals surface area contributed by atoms with Gasteiger partial charge in [-0.15, -0.1) is 0 Å². The third-order valence-corrected chi connectivity index (χ3v) is 3.70. The van der Waals surface area contributed by atoms with Crippen molar-refractivity contribution >= 4 is 28.6 Å². The molecule has 2 nitrogen and oxygen atoms in total. The molecule has 1 aromatic carbocycles. The van der Waals surface area contributed by atoms with Crippen LogP contribution in [0.1, 0.15) is 18.1 Å². The second-order valence-corrected chi connectivity index (χ2v) is 5.34. The fourth-order valence-electron chi connectivity index (χ4n) is 1.84. The van der Waals surface area contributed by atoms with Crippen LogP contribution in [0.4, 0.5) is 5.69 Å². The Morgan fingerprint density at radius 1 is 1.44 bits per heavy atom. The molecule has 1 unspecified atom stereocenters. The van der Waals surface area contributed by atoms with E-state index in [0.29, 0.717) is 10.6 Å². The van der Waals surface area contributed by atoms with Crippen LogP contribution in [0.25, 0.3) is 0 Å². The van der Waals surface area contributed by atoms with Gasteiger partial charge in [-0.1, -0.05) is 17.7 Å². The zero-order chi connectivity index (χ0) is 13.0. The average molecular weight is 277 g/mol. The molecular formula is C14H13ClN2S. The van der Waals surface area contributed by atoms with E-state index < -0.39 is 0 Å². The fourth-order valence-corrected chi connectivity index (χ4v) is 2.74. The van der Waals surface area contributed by atoms with Crippen molar-refractivity contribution < 1.29 is 0 Å². The van der Waals surface area contributed by atoms with Gasteiger partial charge in [-0.05, 0) is 47.9 Å². The fraction of sp³-hybridized carbons (Fsp3) is 0.214. The third-order valence-electron chi connectivity index (χ3n) is 2.65. The molecule has 2 aromatic rings. The molecule has 0 radical (unpaired) electrons. The van der Waals surface area contributed by atoms with Gasteiger partial charge in [-0.3, -0.25) is 0 Å². The highest BCUT2D eigenvalue weighted by molar-refractivity contribution is 7.07. The second-order valence-electron chi connectivity index (χ2n) is 4.16. The van der Waals surface area contributed by atoms with Crippen molar-refractivity contribution in [3.8, 4) is 6.07 Å². The van der Waals surface area contributed by atoms with Gasteiger partial charge >= 0.3 is 0 Å². The maximum Gasteiger partial charge on any atom is 0.103 e. The summed E-state index contributed by atoms with van der Waals surface area (Å²) in [5.41, 5.74) is 2.62. The van der Waals surface area contributed by atoms with Crippen LogP contribution in [0.5, 0.6) is 0 Å². The van der Waals surface area contributed by atoms with E-state index in [9.17, 15) is 0 Å². The van der Waals surface area contributed by atoms with Gasteiger partial charge in [0.05, 0.1) is 16.3 Å². The first-order chi connectivity index (χ1) is 8.70. The summed E-state index contributed by atoms with van der Waals surface area (Å²) in [5.74, 6) is 0. The van der Waals surface area contributed by atoms with Crippen LogP contribution in [0.3, 0.4) is 0 Å². The summed E-state index contributed by atoms with van der Waals surface area (Å²) in [7, 11) is 0. The Morgan fingerprint density at radius 2 is 2.28 bits per heavy atom. The van der Waals surface area contributed by atoms with Crippen LogP contribution in [0.2, 0.25) is 5.02 Å². The number of halogens is 1. The van der Waals surface area contributed by atoms with E-state index in [-0.39, 0.29) is 6.04 Å². The lowest BCUT2D eigenvalue weighted by Gasteiger charge is -2.16. The van der Waals surface area contributed by atoms with E-state index in [1.54, 1.807) is 17.4 Å². The molecule has 1 heterocycles. The minimum Gasteiger partial charge on any atom is -0.381 e. The molecule has 18 heavy (non-hydrogen) atoms. The Balaban J connectivity index is 2.10. The van der Waals surface area contributed by atoms with Gasteiger partial charge in [0.2, 0.25) is 0 Å². The first-order valence-electron chi connectivity index (χ1n) is 5.67. The minimum atomic E-state index is 0.255. The van der Waals surface area contributed by atoms with Gasteiger partial charge in [0, 0.05) is 6.04 Å². The zero-order valence-electron chi connectivity index (χ0n) is 9.98. The number of nitriles is 1. The van der Waals surface area contributed by atoms with Crippen molar-refractivity contribution in [3.63, 3.8) is 0 Å². The van der Waals surface area contributed by atoms with Crippen molar-refractivity contribution in [2.45, 2.75) is 19.4 Å². The van der Waals surface area contributed by atoms with E-state index in [4.69, 9.17) is 16.9 Å². The van der Waals surface area contributed by atoms with Gasteiger partial charge in [-0.25, -0.2) is 0 Å². The number of nitrogens with zero attached hydrogens (tertiary/aromatic N) is 1. The normalized spacial score (nSPS) is 11.8. The maximum absolute atomic E-state index is 9.10. The standard InChI is InChI=1S/C14H13ClN2S/c1-10(7-11-5-6-18-9-11)17-14-4-2-3-13(15)12(14)8-16/h2-6,9-10,17H,7H2,1H3. The summed E-state index contributed by atoms with van der Waals surface area (Å²) < 4.78 is 0. The molecular weight excluding hydrogens is 264 g/mol. The summed E-state index contributed by atoms with van der Waals surface area (Å²) in [5, 5.41) is 17.1. The van der Waals surface area contributed by atoms with E-state index >= 15 is 0 Å².